The van der Waals surface area contributed by atoms with Crippen LogP contribution in [0.3, 0.4) is 0 Å². The highest BCUT2D eigenvalue weighted by Crippen LogP contribution is 2.54. The van der Waals surface area contributed by atoms with Gasteiger partial charge in [0.05, 0.1) is 17.1 Å². The summed E-state index contributed by atoms with van der Waals surface area (Å²) in [4.78, 5) is 7.85. The van der Waals surface area contributed by atoms with Gasteiger partial charge >= 0.3 is 0 Å². The van der Waals surface area contributed by atoms with Crippen LogP contribution >= 0.6 is 11.3 Å². The predicted molar refractivity (Wildman–Crippen MR) is 380 cm³/mol. The SMILES string of the molecule is CC(C)(C)c1ccc(N2c3cc(C(C)(C)C)cc4c3B(c3ccc(N(c5ccccc5)c5ccccc5-c5ccccc5)cc3N4c3ccc(C(C)(C)C)cc3-c3ccc4ccc5cccc6ccc3c4c56)c3sc4ccc(C(C)(C)C)cc4c32)cc1. The Morgan fingerprint density at radius 2 is 0.954 bits per heavy atom. The Bertz CT molecular complexity index is 4840. The minimum atomic E-state index is -0.219. The van der Waals surface area contributed by atoms with Crippen molar-refractivity contribution in [2.75, 3.05) is 14.7 Å². The number of hydrogen-bond acceptors (Lipinski definition) is 4. The standard InChI is InChI=1S/C82H74BN3S/c1-79(2,3)55-34-38-60(39-35-55)85-71-48-58(82(10,11)12)49-72-76(71)83(78-77(85)66-47-57(81(7,8)9)37-45-73(66)87-78)67-43-40-61(84(59-26-17-14-18-27-59)68-29-20-19-28-62(68)51-22-15-13-16-23-51)50-70(67)86(72)69-44-36-56(80(4,5)6)46-65(69)63-41-32-54-31-30-52-24-21-25-53-33-42-64(63)75(54)74(52)53/h13-50H,1-12H3. The average Bonchev–Trinajstić information content (AvgIpc) is 1.69. The second-order valence-electron chi connectivity index (χ2n) is 28.6. The van der Waals surface area contributed by atoms with E-state index in [1.807, 2.05) is 11.3 Å². The van der Waals surface area contributed by atoms with Crippen molar-refractivity contribution < 1.29 is 0 Å². The summed E-state index contributed by atoms with van der Waals surface area (Å²) in [6, 6.07) is 88.4. The van der Waals surface area contributed by atoms with E-state index in [4.69, 9.17) is 0 Å². The van der Waals surface area contributed by atoms with Gasteiger partial charge < -0.3 is 14.7 Å². The lowest BCUT2D eigenvalue weighted by atomic mass is 9.36. The molecule has 0 bridgehead atoms. The summed E-state index contributed by atoms with van der Waals surface area (Å²) in [5.74, 6) is 0. The molecule has 12 aromatic carbocycles. The molecule has 0 spiro atoms. The summed E-state index contributed by atoms with van der Waals surface area (Å²) in [5, 5.41) is 9.01. The van der Waals surface area contributed by atoms with Crippen molar-refractivity contribution in [2.24, 2.45) is 0 Å². The van der Waals surface area contributed by atoms with Crippen LogP contribution in [0.15, 0.2) is 231 Å². The van der Waals surface area contributed by atoms with Gasteiger partial charge in [0, 0.05) is 60.1 Å². The van der Waals surface area contributed by atoms with Gasteiger partial charge in [-0.3, -0.25) is 0 Å². The lowest BCUT2D eigenvalue weighted by molar-refractivity contribution is 0.590. The van der Waals surface area contributed by atoms with Crippen LogP contribution in [0.2, 0.25) is 0 Å². The number of nitrogens with zero attached hydrogens (tertiary/aromatic N) is 3. The normalized spacial score (nSPS) is 13.4. The predicted octanol–water partition coefficient (Wildman–Crippen LogP) is 21.9. The molecule has 0 saturated carbocycles. The highest BCUT2D eigenvalue weighted by Gasteiger charge is 2.47. The van der Waals surface area contributed by atoms with Crippen molar-refractivity contribution in [3.8, 4) is 22.3 Å². The largest absolute Gasteiger partial charge is 0.311 e. The first-order chi connectivity index (χ1) is 41.7. The molecule has 0 amide bonds. The zero-order valence-electron chi connectivity index (χ0n) is 52.3. The van der Waals surface area contributed by atoms with Crippen molar-refractivity contribution in [2.45, 2.75) is 105 Å². The number of para-hydroxylation sites is 2. The molecule has 2 aliphatic rings. The molecule has 426 valence electrons. The monoisotopic (exact) mass is 1140 g/mol. The summed E-state index contributed by atoms with van der Waals surface area (Å²) < 4.78 is 2.67. The van der Waals surface area contributed by atoms with Gasteiger partial charge in [0.2, 0.25) is 0 Å². The minimum absolute atomic E-state index is 0.00355. The van der Waals surface area contributed by atoms with E-state index in [-0.39, 0.29) is 28.4 Å². The van der Waals surface area contributed by atoms with Gasteiger partial charge in [-0.2, -0.15) is 0 Å². The van der Waals surface area contributed by atoms with Gasteiger partial charge in [0.1, 0.15) is 0 Å². The summed E-state index contributed by atoms with van der Waals surface area (Å²) in [5.41, 5.74) is 22.8. The molecule has 0 unspecified atom stereocenters. The Hall–Kier alpha value is -8.90. The fourth-order valence-corrected chi connectivity index (χ4v) is 15.4. The smallest absolute Gasteiger partial charge is 0.264 e. The molecule has 2 aliphatic heterocycles. The van der Waals surface area contributed by atoms with Crippen molar-refractivity contribution in [1.82, 2.24) is 0 Å². The highest BCUT2D eigenvalue weighted by molar-refractivity contribution is 7.33. The van der Waals surface area contributed by atoms with Crippen LogP contribution in [-0.2, 0) is 21.7 Å². The zero-order valence-corrected chi connectivity index (χ0v) is 53.1. The molecule has 0 atom stereocenters. The topological polar surface area (TPSA) is 9.72 Å². The average molecular weight is 1140 g/mol. The van der Waals surface area contributed by atoms with Gasteiger partial charge in [0.15, 0.2) is 0 Å². The quantitative estimate of drug-likeness (QED) is 0.116. The number of thiophene rings is 1. The van der Waals surface area contributed by atoms with Crippen LogP contribution in [0.1, 0.15) is 105 Å². The minimum Gasteiger partial charge on any atom is -0.311 e. The summed E-state index contributed by atoms with van der Waals surface area (Å²) >= 11 is 1.98. The lowest BCUT2D eigenvalue weighted by Gasteiger charge is -2.45. The molecule has 87 heavy (non-hydrogen) atoms. The summed E-state index contributed by atoms with van der Waals surface area (Å²) in [6.45, 7) is 28.1. The van der Waals surface area contributed by atoms with Crippen LogP contribution in [0, 0.1) is 0 Å². The van der Waals surface area contributed by atoms with Gasteiger partial charge in [-0.05, 0) is 177 Å². The third kappa shape index (κ3) is 8.98. The fourth-order valence-electron chi connectivity index (χ4n) is 14.1. The number of fused-ring (bicyclic) bond motifs is 6. The van der Waals surface area contributed by atoms with E-state index in [0.29, 0.717) is 0 Å². The van der Waals surface area contributed by atoms with Crippen molar-refractivity contribution in [3.63, 3.8) is 0 Å². The molecule has 13 aromatic rings. The second kappa shape index (κ2) is 19.8. The molecular formula is C82H74BN3S. The molecule has 0 N–H and O–H groups in total. The molecule has 0 aliphatic carbocycles. The lowest BCUT2D eigenvalue weighted by Crippen LogP contribution is -2.60. The van der Waals surface area contributed by atoms with Crippen molar-refractivity contribution >= 4 is 127 Å². The van der Waals surface area contributed by atoms with Crippen LogP contribution < -0.4 is 30.4 Å². The van der Waals surface area contributed by atoms with Crippen molar-refractivity contribution in [3.05, 3.63) is 253 Å². The van der Waals surface area contributed by atoms with E-state index in [9.17, 15) is 0 Å². The zero-order chi connectivity index (χ0) is 60.1. The fraction of sp³-hybridized carbons (Fsp3) is 0.195. The van der Waals surface area contributed by atoms with Crippen LogP contribution in [0.25, 0.3) is 64.7 Å². The molecule has 0 saturated heterocycles. The first-order valence-electron chi connectivity index (χ1n) is 31.1. The maximum atomic E-state index is 2.70. The molecular weight excluding hydrogens is 1070 g/mol. The van der Waals surface area contributed by atoms with Gasteiger partial charge in [-0.1, -0.05) is 235 Å². The Morgan fingerprint density at radius 1 is 0.368 bits per heavy atom. The third-order valence-electron chi connectivity index (χ3n) is 18.8. The first kappa shape index (κ1) is 54.7. The second-order valence-corrected chi connectivity index (χ2v) is 29.7. The molecule has 5 heteroatoms. The van der Waals surface area contributed by atoms with Gasteiger partial charge in [-0.25, -0.2) is 0 Å². The molecule has 3 heterocycles. The Balaban J connectivity index is 1.09. The van der Waals surface area contributed by atoms with E-state index >= 15 is 0 Å². The molecule has 1 aromatic heterocycles. The summed E-state index contributed by atoms with van der Waals surface area (Å²) in [7, 11) is 0. The maximum absolute atomic E-state index is 2.70. The number of rotatable bonds is 7. The van der Waals surface area contributed by atoms with Crippen LogP contribution in [0.5, 0.6) is 0 Å². The van der Waals surface area contributed by atoms with E-state index in [1.165, 1.54) is 131 Å². The number of anilines is 9. The van der Waals surface area contributed by atoms with E-state index in [2.05, 4.69) is 328 Å². The van der Waals surface area contributed by atoms with Gasteiger partial charge in [-0.15, -0.1) is 11.3 Å². The van der Waals surface area contributed by atoms with Gasteiger partial charge in [0.25, 0.3) is 6.71 Å². The molecule has 0 radical (unpaired) electrons. The Morgan fingerprint density at radius 3 is 1.64 bits per heavy atom. The maximum Gasteiger partial charge on any atom is 0.264 e. The molecule has 15 rings (SSSR count). The van der Waals surface area contributed by atoms with E-state index in [1.54, 1.807) is 0 Å². The molecule has 3 nitrogen and oxygen atoms in total. The first-order valence-corrected chi connectivity index (χ1v) is 31.9. The Kier molecular flexibility index (Phi) is 12.5. The molecule has 0 fully saturated rings. The van der Waals surface area contributed by atoms with Crippen LogP contribution in [0.4, 0.5) is 51.2 Å². The highest BCUT2D eigenvalue weighted by atomic mass is 32.1. The summed E-state index contributed by atoms with van der Waals surface area (Å²) in [6.07, 6.45) is 0. The van der Waals surface area contributed by atoms with Crippen molar-refractivity contribution in [1.29, 1.82) is 0 Å². The van der Waals surface area contributed by atoms with E-state index in [0.717, 1.165) is 22.7 Å². The number of hydrogen-bond donors (Lipinski definition) is 0. The third-order valence-corrected chi connectivity index (χ3v) is 20.0. The van der Waals surface area contributed by atoms with Crippen LogP contribution in [-0.4, -0.2) is 6.71 Å². The Labute approximate surface area is 518 Å². The number of benzene rings is 12. The van der Waals surface area contributed by atoms with E-state index < -0.39 is 0 Å².